The summed E-state index contributed by atoms with van der Waals surface area (Å²) in [6.45, 7) is 3.86. The lowest BCUT2D eigenvalue weighted by atomic mass is 10.2. The fourth-order valence-corrected chi connectivity index (χ4v) is 0.981. The molecule has 0 radical (unpaired) electrons. The maximum absolute atomic E-state index is 11.2. The van der Waals surface area contributed by atoms with Gasteiger partial charge in [0.15, 0.2) is 0 Å². The molecule has 1 aromatic carbocycles. The van der Waals surface area contributed by atoms with Crippen molar-refractivity contribution in [3.05, 3.63) is 29.8 Å². The number of carbonyl (C=O) groups is 1. The highest BCUT2D eigenvalue weighted by Crippen LogP contribution is 2.12. The van der Waals surface area contributed by atoms with Crippen molar-refractivity contribution in [3.63, 3.8) is 0 Å². The van der Waals surface area contributed by atoms with Gasteiger partial charge in [-0.3, -0.25) is 4.79 Å². The van der Waals surface area contributed by atoms with Gasteiger partial charge >= 0.3 is 5.97 Å². The molecule has 0 bridgehead atoms. The number of rotatable bonds is 3. The third-order valence-electron chi connectivity index (χ3n) is 1.90. The van der Waals surface area contributed by atoms with E-state index in [9.17, 15) is 4.79 Å². The van der Waals surface area contributed by atoms with Crippen LogP contribution in [-0.4, -0.2) is 5.97 Å². The predicted octanol–water partition coefficient (Wildman–Crippen LogP) is 1.97. The topological polar surface area (TPSA) is 52.3 Å². The van der Waals surface area contributed by atoms with Crippen molar-refractivity contribution in [1.29, 1.82) is 0 Å². The molecule has 1 rings (SSSR count). The average Bonchev–Trinajstić information content (AvgIpc) is 2.16. The largest absolute Gasteiger partial charge is 0.461 e. The van der Waals surface area contributed by atoms with E-state index < -0.39 is 0 Å². The number of ether oxygens (including phenoxy) is 1. The monoisotopic (exact) mass is 193 g/mol. The number of hydrogen-bond acceptors (Lipinski definition) is 3. The average molecular weight is 193 g/mol. The summed E-state index contributed by atoms with van der Waals surface area (Å²) in [5.41, 5.74) is 7.20. The number of anilines is 1. The minimum atomic E-state index is -0.201. The van der Waals surface area contributed by atoms with Crippen LogP contribution in [0.5, 0.6) is 0 Å². The van der Waals surface area contributed by atoms with E-state index in [2.05, 4.69) is 0 Å². The molecule has 0 aliphatic carbocycles. The van der Waals surface area contributed by atoms with Crippen LogP contribution in [0.1, 0.15) is 19.4 Å². The van der Waals surface area contributed by atoms with Gasteiger partial charge in [-0.25, -0.2) is 0 Å². The summed E-state index contributed by atoms with van der Waals surface area (Å²) in [5.74, 6) is -0.298. The van der Waals surface area contributed by atoms with Crippen molar-refractivity contribution in [2.75, 3.05) is 5.73 Å². The van der Waals surface area contributed by atoms with Crippen molar-refractivity contribution in [2.45, 2.75) is 20.5 Å². The first-order valence-electron chi connectivity index (χ1n) is 4.61. The second-order valence-electron chi connectivity index (χ2n) is 3.46. The lowest BCUT2D eigenvalue weighted by Crippen LogP contribution is -2.11. The van der Waals surface area contributed by atoms with Gasteiger partial charge in [0, 0.05) is 11.3 Å². The fourth-order valence-electron chi connectivity index (χ4n) is 0.981. The summed E-state index contributed by atoms with van der Waals surface area (Å²) in [4.78, 5) is 11.2. The minimum absolute atomic E-state index is 0.0973. The molecule has 2 N–H and O–H groups in total. The number of benzene rings is 1. The van der Waals surface area contributed by atoms with Crippen LogP contribution in [0.25, 0.3) is 0 Å². The standard InChI is InChI=1S/C11H15NO2/c1-8(2)11(13)14-7-9-5-3-4-6-10(9)12/h3-6,8H,7,12H2,1-2H3. The third-order valence-corrected chi connectivity index (χ3v) is 1.90. The predicted molar refractivity (Wildman–Crippen MR) is 55.5 cm³/mol. The van der Waals surface area contributed by atoms with Crippen molar-refractivity contribution in [2.24, 2.45) is 5.92 Å². The quantitative estimate of drug-likeness (QED) is 0.589. The van der Waals surface area contributed by atoms with E-state index >= 15 is 0 Å². The molecule has 0 fully saturated rings. The molecule has 0 aliphatic heterocycles. The molecule has 0 amide bonds. The molecule has 0 unspecified atom stereocenters. The molecule has 0 saturated heterocycles. The molecule has 0 saturated carbocycles. The van der Waals surface area contributed by atoms with E-state index in [1.54, 1.807) is 19.9 Å². The zero-order chi connectivity index (χ0) is 10.6. The highest BCUT2D eigenvalue weighted by atomic mass is 16.5. The molecule has 0 aromatic heterocycles. The maximum Gasteiger partial charge on any atom is 0.308 e. The summed E-state index contributed by atoms with van der Waals surface area (Å²) in [7, 11) is 0. The first-order valence-corrected chi connectivity index (χ1v) is 4.61. The Balaban J connectivity index is 2.54. The second kappa shape index (κ2) is 4.65. The minimum Gasteiger partial charge on any atom is -0.461 e. The first-order chi connectivity index (χ1) is 6.61. The number of para-hydroxylation sites is 1. The summed E-state index contributed by atoms with van der Waals surface area (Å²) >= 11 is 0. The van der Waals surface area contributed by atoms with Gasteiger partial charge in [0.2, 0.25) is 0 Å². The Morgan fingerprint density at radius 1 is 1.43 bits per heavy atom. The van der Waals surface area contributed by atoms with Gasteiger partial charge < -0.3 is 10.5 Å². The SMILES string of the molecule is CC(C)C(=O)OCc1ccccc1N. The highest BCUT2D eigenvalue weighted by molar-refractivity contribution is 5.71. The van der Waals surface area contributed by atoms with Gasteiger partial charge in [0.1, 0.15) is 6.61 Å². The van der Waals surface area contributed by atoms with Crippen LogP contribution in [0.15, 0.2) is 24.3 Å². The Kier molecular flexibility index (Phi) is 3.51. The lowest BCUT2D eigenvalue weighted by molar-refractivity contribution is -0.148. The molecule has 3 nitrogen and oxygen atoms in total. The Bertz CT molecular complexity index is 321. The highest BCUT2D eigenvalue weighted by Gasteiger charge is 2.08. The zero-order valence-electron chi connectivity index (χ0n) is 8.49. The maximum atomic E-state index is 11.2. The number of nitrogen functional groups attached to an aromatic ring is 1. The van der Waals surface area contributed by atoms with Gasteiger partial charge in [-0.05, 0) is 6.07 Å². The number of carbonyl (C=O) groups excluding carboxylic acids is 1. The van der Waals surface area contributed by atoms with E-state index in [1.807, 2.05) is 18.2 Å². The summed E-state index contributed by atoms with van der Waals surface area (Å²) in [6, 6.07) is 7.36. The van der Waals surface area contributed by atoms with Crippen molar-refractivity contribution < 1.29 is 9.53 Å². The van der Waals surface area contributed by atoms with E-state index in [0.717, 1.165) is 5.56 Å². The Hall–Kier alpha value is -1.51. The van der Waals surface area contributed by atoms with Gasteiger partial charge in [-0.1, -0.05) is 32.0 Å². The van der Waals surface area contributed by atoms with Crippen LogP contribution in [0, 0.1) is 5.92 Å². The lowest BCUT2D eigenvalue weighted by Gasteiger charge is -2.08. The van der Waals surface area contributed by atoms with Crippen LogP contribution >= 0.6 is 0 Å². The smallest absolute Gasteiger partial charge is 0.308 e. The van der Waals surface area contributed by atoms with Gasteiger partial charge in [-0.15, -0.1) is 0 Å². The van der Waals surface area contributed by atoms with Crippen LogP contribution in [0.4, 0.5) is 5.69 Å². The van der Waals surface area contributed by atoms with Crippen LogP contribution in [0.3, 0.4) is 0 Å². The van der Waals surface area contributed by atoms with E-state index in [-0.39, 0.29) is 18.5 Å². The zero-order valence-corrected chi connectivity index (χ0v) is 8.49. The fraction of sp³-hybridized carbons (Fsp3) is 0.364. The van der Waals surface area contributed by atoms with Gasteiger partial charge in [0.05, 0.1) is 5.92 Å². The molecule has 0 heterocycles. The van der Waals surface area contributed by atoms with E-state index in [4.69, 9.17) is 10.5 Å². The number of nitrogens with two attached hydrogens (primary N) is 1. The molecule has 0 aliphatic rings. The number of esters is 1. The Morgan fingerprint density at radius 2 is 2.07 bits per heavy atom. The van der Waals surface area contributed by atoms with E-state index in [0.29, 0.717) is 5.69 Å². The van der Waals surface area contributed by atoms with Gasteiger partial charge in [-0.2, -0.15) is 0 Å². The molecular formula is C11H15NO2. The van der Waals surface area contributed by atoms with Crippen LogP contribution in [0.2, 0.25) is 0 Å². The summed E-state index contributed by atoms with van der Waals surface area (Å²) in [5, 5.41) is 0. The van der Waals surface area contributed by atoms with Crippen molar-refractivity contribution in [1.82, 2.24) is 0 Å². The number of hydrogen-bond donors (Lipinski definition) is 1. The Morgan fingerprint density at radius 3 is 2.64 bits per heavy atom. The second-order valence-corrected chi connectivity index (χ2v) is 3.46. The summed E-state index contributed by atoms with van der Waals surface area (Å²) in [6.07, 6.45) is 0. The molecular weight excluding hydrogens is 178 g/mol. The van der Waals surface area contributed by atoms with Crippen LogP contribution in [-0.2, 0) is 16.1 Å². The third kappa shape index (κ3) is 2.76. The molecule has 0 spiro atoms. The van der Waals surface area contributed by atoms with E-state index in [1.165, 1.54) is 0 Å². The summed E-state index contributed by atoms with van der Waals surface area (Å²) < 4.78 is 5.05. The Labute approximate surface area is 83.9 Å². The van der Waals surface area contributed by atoms with Crippen molar-refractivity contribution in [3.8, 4) is 0 Å². The molecule has 1 aromatic rings. The normalized spacial score (nSPS) is 10.2. The van der Waals surface area contributed by atoms with Crippen molar-refractivity contribution >= 4 is 11.7 Å². The van der Waals surface area contributed by atoms with Crippen LogP contribution < -0.4 is 5.73 Å². The molecule has 14 heavy (non-hydrogen) atoms. The molecule has 3 heteroatoms. The first kappa shape index (κ1) is 10.6. The van der Waals surface area contributed by atoms with Gasteiger partial charge in [0.25, 0.3) is 0 Å². The molecule has 0 atom stereocenters. The molecule has 76 valence electrons.